The molecule has 0 atom stereocenters. The lowest BCUT2D eigenvalue weighted by Crippen LogP contribution is -2.08. The van der Waals surface area contributed by atoms with Gasteiger partial charge >= 0.3 is 6.18 Å². The molecular formula is C22H21F3OS. The Morgan fingerprint density at radius 2 is 1.89 bits per heavy atom. The van der Waals surface area contributed by atoms with Gasteiger partial charge in [0, 0.05) is 15.8 Å². The molecule has 3 rings (SSSR count). The predicted octanol–water partition coefficient (Wildman–Crippen LogP) is 8.09. The minimum Gasteiger partial charge on any atom is -0.456 e. The summed E-state index contributed by atoms with van der Waals surface area (Å²) in [5.74, 6) is 0.234. The van der Waals surface area contributed by atoms with Crippen LogP contribution in [0.5, 0.6) is 0 Å². The highest BCUT2D eigenvalue weighted by molar-refractivity contribution is 8.02. The fourth-order valence-electron chi connectivity index (χ4n) is 3.09. The number of halogens is 3. The second-order valence-electron chi connectivity index (χ2n) is 6.43. The third-order valence-electron chi connectivity index (χ3n) is 4.43. The molecule has 3 aromatic rings. The van der Waals surface area contributed by atoms with E-state index < -0.39 is 11.7 Å². The second-order valence-corrected chi connectivity index (χ2v) is 7.47. The molecule has 27 heavy (non-hydrogen) atoms. The van der Waals surface area contributed by atoms with E-state index >= 15 is 0 Å². The lowest BCUT2D eigenvalue weighted by atomic mass is 9.98. The lowest BCUT2D eigenvalue weighted by Gasteiger charge is -2.13. The third kappa shape index (κ3) is 4.59. The number of rotatable bonds is 7. The molecule has 0 bridgehead atoms. The molecule has 0 saturated heterocycles. The normalized spacial score (nSPS) is 11.9. The maximum absolute atomic E-state index is 13.7. The summed E-state index contributed by atoms with van der Waals surface area (Å²) in [4.78, 5) is 0.931. The minimum atomic E-state index is -4.43. The number of hydrogen-bond donors (Lipinski definition) is 0. The van der Waals surface area contributed by atoms with Crippen LogP contribution in [0.1, 0.15) is 37.3 Å². The summed E-state index contributed by atoms with van der Waals surface area (Å²) in [7, 11) is 0. The molecule has 5 heteroatoms. The summed E-state index contributed by atoms with van der Waals surface area (Å²) in [6.45, 7) is 5.74. The summed E-state index contributed by atoms with van der Waals surface area (Å²) in [6.07, 6.45) is -0.840. The number of fused-ring (bicyclic) bond motifs is 1. The molecule has 0 unspecified atom stereocenters. The van der Waals surface area contributed by atoms with Crippen LogP contribution in [0.4, 0.5) is 13.2 Å². The number of unbranched alkanes of at least 4 members (excludes halogenated alkanes) is 2. The molecule has 0 amide bonds. The first-order chi connectivity index (χ1) is 12.9. The molecule has 0 radical (unpaired) electrons. The Bertz CT molecular complexity index is 940. The van der Waals surface area contributed by atoms with Crippen LogP contribution in [0.25, 0.3) is 22.3 Å². The van der Waals surface area contributed by atoms with Crippen LogP contribution in [0.2, 0.25) is 0 Å². The Morgan fingerprint density at radius 3 is 2.59 bits per heavy atom. The zero-order valence-electron chi connectivity index (χ0n) is 15.1. The fraction of sp³-hybridized carbons (Fsp3) is 0.273. The number of aryl methyl sites for hydroxylation is 1. The third-order valence-corrected chi connectivity index (χ3v) is 5.13. The van der Waals surface area contributed by atoms with E-state index in [1.165, 1.54) is 23.9 Å². The van der Waals surface area contributed by atoms with Crippen molar-refractivity contribution in [2.24, 2.45) is 0 Å². The molecule has 0 aliphatic rings. The molecule has 2 aromatic carbocycles. The van der Waals surface area contributed by atoms with Crippen molar-refractivity contribution < 1.29 is 17.6 Å². The van der Waals surface area contributed by atoms with Gasteiger partial charge in [-0.2, -0.15) is 13.2 Å². The second kappa shape index (κ2) is 8.26. The average Bonchev–Trinajstić information content (AvgIpc) is 3.04. The summed E-state index contributed by atoms with van der Waals surface area (Å²) < 4.78 is 46.8. The van der Waals surface area contributed by atoms with Crippen LogP contribution in [0, 0.1) is 0 Å². The van der Waals surface area contributed by atoms with Gasteiger partial charge in [0.1, 0.15) is 11.3 Å². The smallest absolute Gasteiger partial charge is 0.417 e. The molecule has 0 aliphatic carbocycles. The monoisotopic (exact) mass is 390 g/mol. The molecule has 0 saturated carbocycles. The van der Waals surface area contributed by atoms with Crippen molar-refractivity contribution in [2.45, 2.75) is 43.7 Å². The Balaban J connectivity index is 2.01. The van der Waals surface area contributed by atoms with Gasteiger partial charge in [-0.1, -0.05) is 50.2 Å². The van der Waals surface area contributed by atoms with Crippen molar-refractivity contribution in [1.82, 2.24) is 0 Å². The topological polar surface area (TPSA) is 13.1 Å². The molecule has 142 valence electrons. The van der Waals surface area contributed by atoms with Crippen molar-refractivity contribution in [2.75, 3.05) is 0 Å². The Morgan fingerprint density at radius 1 is 1.07 bits per heavy atom. The minimum absolute atomic E-state index is 0.0795. The van der Waals surface area contributed by atoms with Gasteiger partial charge in [0.05, 0.1) is 5.56 Å². The number of alkyl halides is 3. The van der Waals surface area contributed by atoms with Gasteiger partial charge in [-0.3, -0.25) is 0 Å². The van der Waals surface area contributed by atoms with Gasteiger partial charge in [0.2, 0.25) is 0 Å². The molecule has 0 aliphatic heterocycles. The van der Waals surface area contributed by atoms with E-state index in [-0.39, 0.29) is 11.3 Å². The summed E-state index contributed by atoms with van der Waals surface area (Å²) in [5.41, 5.74) is 0.712. The number of benzene rings is 2. The van der Waals surface area contributed by atoms with Crippen LogP contribution in [0.15, 0.2) is 63.8 Å². The Hall–Kier alpha value is -2.14. The van der Waals surface area contributed by atoms with E-state index in [4.69, 9.17) is 4.42 Å². The maximum atomic E-state index is 13.7. The highest BCUT2D eigenvalue weighted by Gasteiger charge is 2.34. The number of thioether (sulfide) groups is 1. The molecule has 0 spiro atoms. The number of hydrogen-bond acceptors (Lipinski definition) is 2. The molecule has 0 fully saturated rings. The summed E-state index contributed by atoms with van der Waals surface area (Å²) >= 11 is 1.44. The van der Waals surface area contributed by atoms with Crippen LogP contribution in [-0.2, 0) is 12.6 Å². The predicted molar refractivity (Wildman–Crippen MR) is 106 cm³/mol. The van der Waals surface area contributed by atoms with Crippen molar-refractivity contribution in [3.05, 3.63) is 65.6 Å². The van der Waals surface area contributed by atoms with E-state index in [0.29, 0.717) is 17.6 Å². The first-order valence-electron chi connectivity index (χ1n) is 8.94. The van der Waals surface area contributed by atoms with Crippen molar-refractivity contribution in [3.8, 4) is 11.3 Å². The zero-order chi connectivity index (χ0) is 19.4. The fourth-order valence-corrected chi connectivity index (χ4v) is 3.60. The average molecular weight is 390 g/mol. The van der Waals surface area contributed by atoms with Gasteiger partial charge < -0.3 is 4.42 Å². The lowest BCUT2D eigenvalue weighted by molar-refractivity contribution is -0.137. The first-order valence-corrected chi connectivity index (χ1v) is 9.82. The Kier molecular flexibility index (Phi) is 6.00. The first kappa shape index (κ1) is 19.6. The SMILES string of the molecule is C=CSc1ccc2cc(-c3ccc(CCCCC)cc3C(F)(F)F)oc2c1. The van der Waals surface area contributed by atoms with E-state index in [1.807, 2.05) is 18.2 Å². The van der Waals surface area contributed by atoms with E-state index in [0.717, 1.165) is 29.5 Å². The van der Waals surface area contributed by atoms with Gasteiger partial charge in [-0.15, -0.1) is 0 Å². The highest BCUT2D eigenvalue weighted by Crippen LogP contribution is 2.40. The Labute approximate surface area is 161 Å². The maximum Gasteiger partial charge on any atom is 0.417 e. The molecule has 1 aromatic heterocycles. The van der Waals surface area contributed by atoms with Crippen molar-refractivity contribution in [1.29, 1.82) is 0 Å². The summed E-state index contributed by atoms with van der Waals surface area (Å²) in [5, 5.41) is 2.47. The molecule has 0 N–H and O–H groups in total. The van der Waals surface area contributed by atoms with E-state index in [2.05, 4.69) is 13.5 Å². The number of furan rings is 1. The standard InChI is InChI=1S/C22H21F3OS/c1-3-5-6-7-15-8-11-18(19(12-15)22(23,24)25)21-13-16-9-10-17(27-4-2)14-20(16)26-21/h4,8-14H,2-3,5-7H2,1H3. The van der Waals surface area contributed by atoms with E-state index in [9.17, 15) is 13.2 Å². The van der Waals surface area contributed by atoms with Crippen molar-refractivity contribution >= 4 is 22.7 Å². The highest BCUT2D eigenvalue weighted by atomic mass is 32.2. The quantitative estimate of drug-likeness (QED) is 0.299. The van der Waals surface area contributed by atoms with Crippen LogP contribution >= 0.6 is 11.8 Å². The molecule has 1 nitrogen and oxygen atoms in total. The largest absolute Gasteiger partial charge is 0.456 e. The molecule has 1 heterocycles. The molecular weight excluding hydrogens is 369 g/mol. The summed E-state index contributed by atoms with van der Waals surface area (Å²) in [6, 6.07) is 11.8. The van der Waals surface area contributed by atoms with Gasteiger partial charge in [-0.05, 0) is 54.1 Å². The van der Waals surface area contributed by atoms with Gasteiger partial charge in [0.15, 0.2) is 0 Å². The van der Waals surface area contributed by atoms with Crippen molar-refractivity contribution in [3.63, 3.8) is 0 Å². The van der Waals surface area contributed by atoms with Gasteiger partial charge in [0.25, 0.3) is 0 Å². The van der Waals surface area contributed by atoms with Crippen LogP contribution in [-0.4, -0.2) is 0 Å². The zero-order valence-corrected chi connectivity index (χ0v) is 15.9. The van der Waals surface area contributed by atoms with Crippen LogP contribution in [0.3, 0.4) is 0 Å². The van der Waals surface area contributed by atoms with Gasteiger partial charge in [-0.25, -0.2) is 0 Å². The van der Waals surface area contributed by atoms with E-state index in [1.54, 1.807) is 17.5 Å². The van der Waals surface area contributed by atoms with Crippen LogP contribution < -0.4 is 0 Å².